The molecule has 0 bridgehead atoms. The number of unbranched alkanes of at least 4 members (excludes halogenated alkanes) is 2. The van der Waals surface area contributed by atoms with Gasteiger partial charge in [-0.2, -0.15) is 0 Å². The van der Waals surface area contributed by atoms with Crippen LogP contribution in [0.15, 0.2) is 48.5 Å². The molecule has 164 valence electrons. The fourth-order valence-corrected chi connectivity index (χ4v) is 3.93. The average Bonchev–Trinajstić information content (AvgIpc) is 3.06. The molecular formula is C26H37NO3. The summed E-state index contributed by atoms with van der Waals surface area (Å²) in [6.07, 6.45) is 5.98. The maximum atomic E-state index is 6.17. The highest BCUT2D eigenvalue weighted by atomic mass is 16.7. The van der Waals surface area contributed by atoms with E-state index in [-0.39, 0.29) is 6.29 Å². The van der Waals surface area contributed by atoms with E-state index in [2.05, 4.69) is 57.1 Å². The predicted octanol–water partition coefficient (Wildman–Crippen LogP) is 6.04. The van der Waals surface area contributed by atoms with Gasteiger partial charge in [0.25, 0.3) is 0 Å². The van der Waals surface area contributed by atoms with Gasteiger partial charge in [0, 0.05) is 19.0 Å². The third-order valence-electron chi connectivity index (χ3n) is 5.62. The summed E-state index contributed by atoms with van der Waals surface area (Å²) in [6, 6.07) is 16.5. The van der Waals surface area contributed by atoms with Gasteiger partial charge in [-0.15, -0.1) is 0 Å². The number of ether oxygens (including phenoxy) is 3. The van der Waals surface area contributed by atoms with Gasteiger partial charge in [-0.25, -0.2) is 0 Å². The fraction of sp³-hybridized carbons (Fsp3) is 0.538. The molecule has 3 atom stereocenters. The van der Waals surface area contributed by atoms with E-state index in [1.54, 1.807) is 0 Å². The van der Waals surface area contributed by atoms with Crippen LogP contribution in [0.1, 0.15) is 57.1 Å². The van der Waals surface area contributed by atoms with E-state index in [9.17, 15) is 0 Å². The van der Waals surface area contributed by atoms with E-state index in [1.165, 1.54) is 24.8 Å². The summed E-state index contributed by atoms with van der Waals surface area (Å²) in [4.78, 5) is 2.17. The average molecular weight is 412 g/mol. The van der Waals surface area contributed by atoms with Crippen molar-refractivity contribution in [1.29, 1.82) is 0 Å². The number of nitrogens with zero attached hydrogens (tertiary/aromatic N) is 1. The van der Waals surface area contributed by atoms with E-state index >= 15 is 0 Å². The number of rotatable bonds is 11. The van der Waals surface area contributed by atoms with Crippen molar-refractivity contribution >= 4 is 0 Å². The van der Waals surface area contributed by atoms with Crippen molar-refractivity contribution < 1.29 is 14.2 Å². The molecule has 0 spiro atoms. The van der Waals surface area contributed by atoms with E-state index in [0.717, 1.165) is 36.4 Å². The molecular weight excluding hydrogens is 374 g/mol. The SMILES string of the molecule is CCCCCC1OC(Oc2cccc(OCc3ccc(CN(C)C)cc3)c2)C[C@H]1C. The predicted molar refractivity (Wildman–Crippen MR) is 122 cm³/mol. The Balaban J connectivity index is 1.49. The minimum Gasteiger partial charge on any atom is -0.489 e. The minimum atomic E-state index is -0.161. The molecule has 4 nitrogen and oxygen atoms in total. The molecule has 2 aromatic carbocycles. The Hall–Kier alpha value is -2.04. The largest absolute Gasteiger partial charge is 0.489 e. The molecule has 30 heavy (non-hydrogen) atoms. The van der Waals surface area contributed by atoms with Gasteiger partial charge in [0.1, 0.15) is 18.1 Å². The first-order valence-electron chi connectivity index (χ1n) is 11.3. The lowest BCUT2D eigenvalue weighted by Gasteiger charge is -2.16. The van der Waals surface area contributed by atoms with E-state index in [4.69, 9.17) is 14.2 Å². The molecule has 2 aromatic rings. The third-order valence-corrected chi connectivity index (χ3v) is 5.62. The minimum absolute atomic E-state index is 0.161. The van der Waals surface area contributed by atoms with Crippen molar-refractivity contribution in [2.75, 3.05) is 14.1 Å². The number of benzene rings is 2. The lowest BCUT2D eigenvalue weighted by Crippen LogP contribution is -2.18. The maximum Gasteiger partial charge on any atom is 0.200 e. The van der Waals surface area contributed by atoms with Crippen molar-refractivity contribution in [3.8, 4) is 11.5 Å². The second kappa shape index (κ2) is 11.4. The van der Waals surface area contributed by atoms with E-state index in [1.807, 2.05) is 24.3 Å². The molecule has 0 aliphatic carbocycles. The number of hydrogen-bond acceptors (Lipinski definition) is 4. The standard InChI is InChI=1S/C26H37NO3/c1-5-6-7-11-25-20(2)16-26(30-25)29-24-10-8-9-23(17-24)28-19-22-14-12-21(13-15-22)18-27(3)4/h8-10,12-15,17,20,25-26H,5-7,11,16,18-19H2,1-4H3/t20-,25?,26?/m1/s1. The Morgan fingerprint density at radius 3 is 2.47 bits per heavy atom. The first-order valence-corrected chi connectivity index (χ1v) is 11.3. The molecule has 1 aliphatic rings. The van der Waals surface area contributed by atoms with Crippen molar-refractivity contribution in [3.05, 3.63) is 59.7 Å². The summed E-state index contributed by atoms with van der Waals surface area (Å²) >= 11 is 0. The van der Waals surface area contributed by atoms with Crippen LogP contribution in [0.3, 0.4) is 0 Å². The van der Waals surface area contributed by atoms with Gasteiger partial charge >= 0.3 is 0 Å². The van der Waals surface area contributed by atoms with E-state index in [0.29, 0.717) is 18.6 Å². The zero-order valence-electron chi connectivity index (χ0n) is 19.0. The monoisotopic (exact) mass is 411 g/mol. The van der Waals surface area contributed by atoms with Crippen molar-refractivity contribution in [2.45, 2.75) is 71.5 Å². The van der Waals surface area contributed by atoms with Gasteiger partial charge in [0.15, 0.2) is 6.29 Å². The highest BCUT2D eigenvalue weighted by Gasteiger charge is 2.33. The quantitative estimate of drug-likeness (QED) is 0.422. The summed E-state index contributed by atoms with van der Waals surface area (Å²) in [7, 11) is 4.16. The highest BCUT2D eigenvalue weighted by Crippen LogP contribution is 2.32. The fourth-order valence-electron chi connectivity index (χ4n) is 3.93. The Labute approximate surface area is 182 Å². The lowest BCUT2D eigenvalue weighted by molar-refractivity contribution is -0.0771. The second-order valence-electron chi connectivity index (χ2n) is 8.75. The molecule has 2 unspecified atom stereocenters. The van der Waals surface area contributed by atoms with Crippen LogP contribution in [0.4, 0.5) is 0 Å². The first-order chi connectivity index (χ1) is 14.5. The van der Waals surface area contributed by atoms with Gasteiger partial charge in [-0.05, 0) is 49.7 Å². The molecule has 3 rings (SSSR count). The lowest BCUT2D eigenvalue weighted by atomic mass is 9.99. The van der Waals surface area contributed by atoms with Gasteiger partial charge in [-0.1, -0.05) is 63.4 Å². The molecule has 1 heterocycles. The molecule has 0 amide bonds. The van der Waals surface area contributed by atoms with Crippen LogP contribution in [-0.2, 0) is 17.9 Å². The summed E-state index contributed by atoms with van der Waals surface area (Å²) in [5.41, 5.74) is 2.46. The zero-order valence-corrected chi connectivity index (χ0v) is 19.0. The van der Waals surface area contributed by atoms with Crippen LogP contribution in [0.2, 0.25) is 0 Å². The molecule has 1 fully saturated rings. The molecule has 0 aromatic heterocycles. The summed E-state index contributed by atoms with van der Waals surface area (Å²) < 4.78 is 18.3. The van der Waals surface area contributed by atoms with Gasteiger partial charge in [0.05, 0.1) is 6.10 Å². The van der Waals surface area contributed by atoms with Gasteiger partial charge in [0.2, 0.25) is 0 Å². The third kappa shape index (κ3) is 7.03. The van der Waals surface area contributed by atoms with Crippen molar-refractivity contribution in [3.63, 3.8) is 0 Å². The Bertz CT molecular complexity index is 759. The molecule has 4 heteroatoms. The smallest absolute Gasteiger partial charge is 0.200 e. The van der Waals surface area contributed by atoms with Crippen molar-refractivity contribution in [1.82, 2.24) is 4.90 Å². The summed E-state index contributed by atoms with van der Waals surface area (Å²) in [5, 5.41) is 0. The normalized spacial score (nSPS) is 21.2. The summed E-state index contributed by atoms with van der Waals surface area (Å²) in [5.74, 6) is 2.16. The zero-order chi connectivity index (χ0) is 21.3. The number of hydrogen-bond donors (Lipinski definition) is 0. The van der Waals surface area contributed by atoms with E-state index < -0.39 is 0 Å². The molecule has 1 aliphatic heterocycles. The molecule has 1 saturated heterocycles. The van der Waals surface area contributed by atoms with Crippen molar-refractivity contribution in [2.24, 2.45) is 5.92 Å². The van der Waals surface area contributed by atoms with Gasteiger partial charge in [-0.3, -0.25) is 0 Å². The van der Waals surface area contributed by atoms with Crippen LogP contribution in [0, 0.1) is 5.92 Å². The van der Waals surface area contributed by atoms with Crippen LogP contribution in [0.5, 0.6) is 11.5 Å². The molecule has 0 radical (unpaired) electrons. The topological polar surface area (TPSA) is 30.9 Å². The Kier molecular flexibility index (Phi) is 8.59. The second-order valence-corrected chi connectivity index (χ2v) is 8.75. The Morgan fingerprint density at radius 1 is 1.00 bits per heavy atom. The van der Waals surface area contributed by atoms with Crippen LogP contribution >= 0.6 is 0 Å². The van der Waals surface area contributed by atoms with Crippen LogP contribution in [0.25, 0.3) is 0 Å². The summed E-state index contributed by atoms with van der Waals surface area (Å²) in [6.45, 7) is 5.99. The molecule has 0 saturated carbocycles. The molecule has 0 N–H and O–H groups in total. The van der Waals surface area contributed by atoms with Crippen LogP contribution in [-0.4, -0.2) is 31.4 Å². The Morgan fingerprint density at radius 2 is 1.73 bits per heavy atom. The maximum absolute atomic E-state index is 6.17. The van der Waals surface area contributed by atoms with Crippen LogP contribution < -0.4 is 9.47 Å². The van der Waals surface area contributed by atoms with Gasteiger partial charge < -0.3 is 19.1 Å². The highest BCUT2D eigenvalue weighted by molar-refractivity contribution is 5.33. The first kappa shape index (κ1) is 22.6.